The Bertz CT molecular complexity index is 1030. The highest BCUT2D eigenvalue weighted by Gasteiger charge is 2.49. The molecule has 4 nitrogen and oxygen atoms in total. The van der Waals surface area contributed by atoms with E-state index in [0.717, 1.165) is 50.9 Å². The lowest BCUT2D eigenvalue weighted by atomic mass is 9.57. The van der Waals surface area contributed by atoms with Crippen LogP contribution in [0.1, 0.15) is 36.8 Å². The maximum absolute atomic E-state index is 13.2. The minimum Gasteiger partial charge on any atom is -0.508 e. The van der Waals surface area contributed by atoms with Gasteiger partial charge < -0.3 is 10.0 Å². The molecule has 33 heavy (non-hydrogen) atoms. The Morgan fingerprint density at radius 1 is 1.24 bits per heavy atom. The summed E-state index contributed by atoms with van der Waals surface area (Å²) in [5, 5.41) is 11.2. The molecule has 1 N–H and O–H groups in total. The zero-order chi connectivity index (χ0) is 23.6. The number of piperidine rings is 1. The topological polar surface area (TPSA) is 43.8 Å². The van der Waals surface area contributed by atoms with Crippen molar-refractivity contribution in [3.63, 3.8) is 0 Å². The summed E-state index contributed by atoms with van der Waals surface area (Å²) in [5.41, 5.74) is 2.02. The third kappa shape index (κ3) is 5.08. The van der Waals surface area contributed by atoms with Gasteiger partial charge in [-0.05, 0) is 73.5 Å². The largest absolute Gasteiger partial charge is 0.508 e. The summed E-state index contributed by atoms with van der Waals surface area (Å²) in [6.07, 6.45) is 6.24. The summed E-state index contributed by atoms with van der Waals surface area (Å²) in [4.78, 5) is 17.6. The van der Waals surface area contributed by atoms with Crippen molar-refractivity contribution in [1.29, 1.82) is 0 Å². The lowest BCUT2D eigenvalue weighted by Crippen LogP contribution is -2.56. The molecule has 0 bridgehead atoms. The van der Waals surface area contributed by atoms with Crippen LogP contribution in [0.25, 0.3) is 0 Å². The van der Waals surface area contributed by atoms with Crippen LogP contribution in [0.15, 0.2) is 55.1 Å². The SMILES string of the molecule is C=CCN1CCC2(c3cccc(O)c3)CC(N(C)C(=O)Cc3ccc(Cl)c(Cl)c3)CCC2C1. The fourth-order valence-electron chi connectivity index (χ4n) is 5.84. The number of aromatic hydroxyl groups is 1. The van der Waals surface area contributed by atoms with Gasteiger partial charge in [-0.25, -0.2) is 0 Å². The molecule has 1 aliphatic carbocycles. The predicted octanol–water partition coefficient (Wildman–Crippen LogP) is 5.70. The van der Waals surface area contributed by atoms with Crippen molar-refractivity contribution in [2.45, 2.75) is 43.6 Å². The highest BCUT2D eigenvalue weighted by Crippen LogP contribution is 2.50. The first kappa shape index (κ1) is 24.1. The second kappa shape index (κ2) is 10.1. The number of amides is 1. The van der Waals surface area contributed by atoms with Crippen LogP contribution < -0.4 is 0 Å². The van der Waals surface area contributed by atoms with E-state index < -0.39 is 0 Å². The predicted molar refractivity (Wildman–Crippen MR) is 135 cm³/mol. The molecule has 0 spiro atoms. The number of rotatable bonds is 6. The zero-order valence-corrected chi connectivity index (χ0v) is 20.7. The van der Waals surface area contributed by atoms with Crippen molar-refractivity contribution in [3.8, 4) is 5.75 Å². The van der Waals surface area contributed by atoms with Crippen molar-refractivity contribution in [2.24, 2.45) is 5.92 Å². The third-order valence-electron chi connectivity index (χ3n) is 7.67. The van der Waals surface area contributed by atoms with Crippen molar-refractivity contribution in [3.05, 3.63) is 76.3 Å². The monoisotopic (exact) mass is 486 g/mol. The van der Waals surface area contributed by atoms with E-state index in [0.29, 0.717) is 28.1 Å². The number of likely N-dealkylation sites (N-methyl/N-ethyl adjacent to an activating group) is 1. The third-order valence-corrected chi connectivity index (χ3v) is 8.41. The number of carbonyl (C=O) groups is 1. The van der Waals surface area contributed by atoms with Crippen LogP contribution in [0.3, 0.4) is 0 Å². The molecule has 2 aromatic carbocycles. The van der Waals surface area contributed by atoms with E-state index in [1.165, 1.54) is 5.56 Å². The first-order valence-corrected chi connectivity index (χ1v) is 12.4. The van der Waals surface area contributed by atoms with Gasteiger partial charge in [-0.1, -0.05) is 47.5 Å². The molecule has 1 aliphatic heterocycles. The molecule has 2 fully saturated rings. The molecule has 3 unspecified atom stereocenters. The number of halogens is 2. The zero-order valence-electron chi connectivity index (χ0n) is 19.1. The summed E-state index contributed by atoms with van der Waals surface area (Å²) in [7, 11) is 1.92. The van der Waals surface area contributed by atoms with Gasteiger partial charge in [0.15, 0.2) is 0 Å². The lowest BCUT2D eigenvalue weighted by molar-refractivity contribution is -0.133. The molecule has 1 saturated carbocycles. The van der Waals surface area contributed by atoms with Gasteiger partial charge in [-0.3, -0.25) is 9.69 Å². The second-order valence-corrected chi connectivity index (χ2v) is 10.4. The highest BCUT2D eigenvalue weighted by molar-refractivity contribution is 6.42. The summed E-state index contributed by atoms with van der Waals surface area (Å²) in [6.45, 7) is 6.83. The number of phenolic OH excluding ortho intramolecular Hbond substituents is 1. The van der Waals surface area contributed by atoms with E-state index >= 15 is 0 Å². The van der Waals surface area contributed by atoms with Gasteiger partial charge in [0.05, 0.1) is 16.5 Å². The normalized spacial score (nSPS) is 25.3. The fraction of sp³-hybridized carbons (Fsp3) is 0.444. The van der Waals surface area contributed by atoms with Crippen LogP contribution in [-0.4, -0.2) is 53.5 Å². The fourth-order valence-corrected chi connectivity index (χ4v) is 6.16. The van der Waals surface area contributed by atoms with E-state index in [2.05, 4.69) is 17.5 Å². The first-order chi connectivity index (χ1) is 15.8. The van der Waals surface area contributed by atoms with E-state index in [4.69, 9.17) is 23.2 Å². The Hall–Kier alpha value is -2.01. The summed E-state index contributed by atoms with van der Waals surface area (Å²) in [5.74, 6) is 0.884. The number of carbonyl (C=O) groups excluding carboxylic acids is 1. The van der Waals surface area contributed by atoms with Crippen molar-refractivity contribution in [2.75, 3.05) is 26.7 Å². The minimum atomic E-state index is -0.0442. The minimum absolute atomic E-state index is 0.0442. The Morgan fingerprint density at radius 2 is 2.06 bits per heavy atom. The number of hydrogen-bond acceptors (Lipinski definition) is 3. The maximum atomic E-state index is 13.2. The van der Waals surface area contributed by atoms with Crippen molar-refractivity contribution >= 4 is 29.1 Å². The van der Waals surface area contributed by atoms with E-state index in [1.807, 2.05) is 36.2 Å². The van der Waals surface area contributed by atoms with E-state index in [-0.39, 0.29) is 17.4 Å². The van der Waals surface area contributed by atoms with Gasteiger partial charge in [-0.15, -0.1) is 6.58 Å². The molecule has 0 radical (unpaired) electrons. The molecule has 176 valence electrons. The standard InChI is InChI=1S/C27H32Cl2N2O2/c1-3-12-31-13-11-27(20-5-4-6-23(32)16-20)17-22(9-8-21(27)18-31)30(2)26(33)15-19-7-10-24(28)25(29)14-19/h3-7,10,14,16,21-22,32H,1,8-9,11-13,15,17-18H2,2H3. The van der Waals surface area contributed by atoms with Crippen LogP contribution in [0.5, 0.6) is 5.75 Å². The van der Waals surface area contributed by atoms with Gasteiger partial charge in [0.1, 0.15) is 5.75 Å². The van der Waals surface area contributed by atoms with Crippen LogP contribution in [0.2, 0.25) is 10.0 Å². The van der Waals surface area contributed by atoms with Crippen LogP contribution in [0.4, 0.5) is 0 Å². The van der Waals surface area contributed by atoms with Crippen LogP contribution in [0, 0.1) is 5.92 Å². The summed E-state index contributed by atoms with van der Waals surface area (Å²) >= 11 is 12.2. The molecule has 2 aromatic rings. The molecular weight excluding hydrogens is 455 g/mol. The Balaban J connectivity index is 1.55. The lowest BCUT2D eigenvalue weighted by Gasteiger charge is -2.54. The second-order valence-electron chi connectivity index (χ2n) is 9.57. The highest BCUT2D eigenvalue weighted by atomic mass is 35.5. The van der Waals surface area contributed by atoms with E-state index in [1.54, 1.807) is 18.2 Å². The number of nitrogens with zero attached hydrogens (tertiary/aromatic N) is 2. The Labute approximate surface area is 206 Å². The molecule has 3 atom stereocenters. The van der Waals surface area contributed by atoms with E-state index in [9.17, 15) is 9.90 Å². The van der Waals surface area contributed by atoms with Gasteiger partial charge in [-0.2, -0.15) is 0 Å². The maximum Gasteiger partial charge on any atom is 0.226 e. The number of hydrogen-bond donors (Lipinski definition) is 1. The number of likely N-dealkylation sites (tertiary alicyclic amines) is 1. The summed E-state index contributed by atoms with van der Waals surface area (Å²) in [6, 6.07) is 13.3. The Morgan fingerprint density at radius 3 is 2.79 bits per heavy atom. The van der Waals surface area contributed by atoms with Gasteiger partial charge in [0.2, 0.25) is 5.91 Å². The molecule has 2 aliphatic rings. The van der Waals surface area contributed by atoms with Crippen LogP contribution >= 0.6 is 23.2 Å². The summed E-state index contributed by atoms with van der Waals surface area (Å²) < 4.78 is 0. The molecular formula is C27H32Cl2N2O2. The van der Waals surface area contributed by atoms with Gasteiger partial charge in [0, 0.05) is 31.6 Å². The molecule has 1 amide bonds. The average Bonchev–Trinajstić information content (AvgIpc) is 2.81. The number of benzene rings is 2. The molecule has 1 heterocycles. The van der Waals surface area contributed by atoms with Crippen molar-refractivity contribution in [1.82, 2.24) is 9.80 Å². The number of fused-ring (bicyclic) bond motifs is 1. The van der Waals surface area contributed by atoms with Crippen molar-refractivity contribution < 1.29 is 9.90 Å². The van der Waals surface area contributed by atoms with Gasteiger partial charge in [0.25, 0.3) is 0 Å². The smallest absolute Gasteiger partial charge is 0.226 e. The molecule has 0 aromatic heterocycles. The molecule has 1 saturated heterocycles. The first-order valence-electron chi connectivity index (χ1n) is 11.6. The molecule has 6 heteroatoms. The Kier molecular flexibility index (Phi) is 7.37. The average molecular weight is 487 g/mol. The van der Waals surface area contributed by atoms with Gasteiger partial charge >= 0.3 is 0 Å². The van der Waals surface area contributed by atoms with Crippen LogP contribution in [-0.2, 0) is 16.6 Å². The molecule has 4 rings (SSSR count). The quantitative estimate of drug-likeness (QED) is 0.532. The number of phenols is 1.